The first-order valence-corrected chi connectivity index (χ1v) is 5.81. The zero-order chi connectivity index (χ0) is 10.7. The van der Waals surface area contributed by atoms with E-state index in [4.69, 9.17) is 5.73 Å². The number of rotatable bonds is 4. The van der Waals surface area contributed by atoms with E-state index in [0.717, 1.165) is 6.54 Å². The second-order valence-corrected chi connectivity index (χ2v) is 4.10. The zero-order valence-corrected chi connectivity index (χ0v) is 9.39. The molecule has 1 aliphatic heterocycles. The van der Waals surface area contributed by atoms with Gasteiger partial charge in [0.15, 0.2) is 0 Å². The van der Waals surface area contributed by atoms with Crippen molar-refractivity contribution in [1.29, 1.82) is 0 Å². The van der Waals surface area contributed by atoms with Crippen molar-refractivity contribution >= 4 is 0 Å². The number of aromatic nitrogens is 2. The van der Waals surface area contributed by atoms with Crippen LogP contribution in [0.15, 0.2) is 12.5 Å². The van der Waals surface area contributed by atoms with E-state index in [9.17, 15) is 0 Å². The topological polar surface area (TPSA) is 47.1 Å². The third kappa shape index (κ3) is 2.06. The van der Waals surface area contributed by atoms with E-state index in [2.05, 4.69) is 21.4 Å². The average molecular weight is 208 g/mol. The Labute approximate surface area is 91.1 Å². The van der Waals surface area contributed by atoms with Gasteiger partial charge in [0.05, 0.1) is 18.1 Å². The van der Waals surface area contributed by atoms with Gasteiger partial charge >= 0.3 is 0 Å². The molecule has 0 radical (unpaired) electrons. The summed E-state index contributed by atoms with van der Waals surface area (Å²) in [7, 11) is 0. The minimum atomic E-state index is 0.356. The highest BCUT2D eigenvalue weighted by molar-refractivity contribution is 5.07. The Morgan fingerprint density at radius 1 is 1.47 bits per heavy atom. The molecular weight excluding hydrogens is 188 g/mol. The molecule has 0 aliphatic carbocycles. The maximum absolute atomic E-state index is 5.88. The van der Waals surface area contributed by atoms with Crippen LogP contribution in [0.2, 0.25) is 0 Å². The summed E-state index contributed by atoms with van der Waals surface area (Å²) in [5, 5.41) is 0. The van der Waals surface area contributed by atoms with Gasteiger partial charge < -0.3 is 10.3 Å². The van der Waals surface area contributed by atoms with Gasteiger partial charge in [0.2, 0.25) is 0 Å². The lowest BCUT2D eigenvalue weighted by Crippen LogP contribution is -2.32. The lowest BCUT2D eigenvalue weighted by molar-refractivity contribution is 0.241. The highest BCUT2D eigenvalue weighted by Gasteiger charge is 2.24. The third-order valence-corrected chi connectivity index (χ3v) is 3.23. The average Bonchev–Trinajstić information content (AvgIpc) is 2.89. The molecule has 2 heterocycles. The maximum atomic E-state index is 5.88. The van der Waals surface area contributed by atoms with Gasteiger partial charge in [-0.1, -0.05) is 0 Å². The van der Waals surface area contributed by atoms with Crippen LogP contribution in [0.3, 0.4) is 0 Å². The molecule has 1 aromatic heterocycles. The molecule has 0 aromatic carbocycles. The van der Waals surface area contributed by atoms with Crippen LogP contribution in [0.5, 0.6) is 0 Å². The predicted molar refractivity (Wildman–Crippen MR) is 60.5 cm³/mol. The standard InChI is InChI=1S/C11H20N4/c1-2-14-9-13-8-11(14)10(7-12)15-5-3-4-6-15/h8-10H,2-7,12H2,1H3. The summed E-state index contributed by atoms with van der Waals surface area (Å²) >= 11 is 0. The van der Waals surface area contributed by atoms with Crippen LogP contribution in [0.4, 0.5) is 0 Å². The molecule has 15 heavy (non-hydrogen) atoms. The molecule has 4 nitrogen and oxygen atoms in total. The van der Waals surface area contributed by atoms with E-state index in [1.165, 1.54) is 31.6 Å². The molecular formula is C11H20N4. The molecule has 0 amide bonds. The van der Waals surface area contributed by atoms with E-state index in [-0.39, 0.29) is 0 Å². The van der Waals surface area contributed by atoms with Crippen molar-refractivity contribution in [2.45, 2.75) is 32.4 Å². The van der Waals surface area contributed by atoms with Gasteiger partial charge in [0.1, 0.15) is 0 Å². The molecule has 0 spiro atoms. The highest BCUT2D eigenvalue weighted by atomic mass is 15.2. The summed E-state index contributed by atoms with van der Waals surface area (Å²) in [5.74, 6) is 0. The second kappa shape index (κ2) is 4.77. The molecule has 1 atom stereocenters. The largest absolute Gasteiger partial charge is 0.333 e. The molecule has 0 saturated carbocycles. The van der Waals surface area contributed by atoms with E-state index in [1.54, 1.807) is 0 Å². The lowest BCUT2D eigenvalue weighted by atomic mass is 10.2. The Kier molecular flexibility index (Phi) is 3.38. The van der Waals surface area contributed by atoms with Gasteiger partial charge in [-0.05, 0) is 32.9 Å². The quantitative estimate of drug-likeness (QED) is 0.803. The summed E-state index contributed by atoms with van der Waals surface area (Å²) < 4.78 is 2.19. The van der Waals surface area contributed by atoms with E-state index in [1.807, 2.05) is 12.5 Å². The van der Waals surface area contributed by atoms with Crippen LogP contribution in [0, 0.1) is 0 Å². The van der Waals surface area contributed by atoms with Crippen LogP contribution in [0.1, 0.15) is 31.5 Å². The first-order valence-electron chi connectivity index (χ1n) is 5.81. The number of hydrogen-bond donors (Lipinski definition) is 1. The van der Waals surface area contributed by atoms with Crippen molar-refractivity contribution in [3.05, 3.63) is 18.2 Å². The smallest absolute Gasteiger partial charge is 0.0948 e. The van der Waals surface area contributed by atoms with Gasteiger partial charge in [-0.25, -0.2) is 4.98 Å². The Morgan fingerprint density at radius 2 is 2.20 bits per heavy atom. The molecule has 4 heteroatoms. The molecule has 1 fully saturated rings. The number of aryl methyl sites for hydroxylation is 1. The van der Waals surface area contributed by atoms with E-state index in [0.29, 0.717) is 12.6 Å². The number of nitrogens with two attached hydrogens (primary N) is 1. The van der Waals surface area contributed by atoms with Gasteiger partial charge in [-0.15, -0.1) is 0 Å². The van der Waals surface area contributed by atoms with Crippen LogP contribution < -0.4 is 5.73 Å². The molecule has 1 aliphatic rings. The summed E-state index contributed by atoms with van der Waals surface area (Å²) in [5.41, 5.74) is 7.15. The Balaban J connectivity index is 2.17. The number of hydrogen-bond acceptors (Lipinski definition) is 3. The van der Waals surface area contributed by atoms with Crippen molar-refractivity contribution < 1.29 is 0 Å². The van der Waals surface area contributed by atoms with Gasteiger partial charge in [0, 0.05) is 19.3 Å². The Bertz CT molecular complexity index is 301. The third-order valence-electron chi connectivity index (χ3n) is 3.23. The van der Waals surface area contributed by atoms with Crippen LogP contribution in [0.25, 0.3) is 0 Å². The molecule has 1 unspecified atom stereocenters. The Hall–Kier alpha value is -0.870. The summed E-state index contributed by atoms with van der Waals surface area (Å²) in [6, 6.07) is 0.356. The number of likely N-dealkylation sites (tertiary alicyclic amines) is 1. The zero-order valence-electron chi connectivity index (χ0n) is 9.39. The fraction of sp³-hybridized carbons (Fsp3) is 0.727. The second-order valence-electron chi connectivity index (χ2n) is 4.10. The summed E-state index contributed by atoms with van der Waals surface area (Å²) in [4.78, 5) is 6.69. The number of imidazole rings is 1. The normalized spacial score (nSPS) is 19.6. The fourth-order valence-electron chi connectivity index (χ4n) is 2.38. The van der Waals surface area contributed by atoms with Crippen LogP contribution in [-0.4, -0.2) is 34.1 Å². The SMILES string of the molecule is CCn1cncc1C(CN)N1CCCC1. The lowest BCUT2D eigenvalue weighted by Gasteiger charge is -2.26. The van der Waals surface area contributed by atoms with Crippen molar-refractivity contribution in [3.8, 4) is 0 Å². The molecule has 0 bridgehead atoms. The van der Waals surface area contributed by atoms with E-state index >= 15 is 0 Å². The van der Waals surface area contributed by atoms with Crippen molar-refractivity contribution in [2.75, 3.05) is 19.6 Å². The van der Waals surface area contributed by atoms with Gasteiger partial charge in [0.25, 0.3) is 0 Å². The minimum Gasteiger partial charge on any atom is -0.333 e. The summed E-state index contributed by atoms with van der Waals surface area (Å²) in [6.45, 7) is 6.15. The van der Waals surface area contributed by atoms with Gasteiger partial charge in [-0.2, -0.15) is 0 Å². The first kappa shape index (κ1) is 10.6. The van der Waals surface area contributed by atoms with E-state index < -0.39 is 0 Å². The molecule has 2 N–H and O–H groups in total. The van der Waals surface area contributed by atoms with Gasteiger partial charge in [-0.3, -0.25) is 4.90 Å². The van der Waals surface area contributed by atoms with Crippen molar-refractivity contribution in [3.63, 3.8) is 0 Å². The molecule has 84 valence electrons. The summed E-state index contributed by atoms with van der Waals surface area (Å²) in [6.07, 6.45) is 6.46. The highest BCUT2D eigenvalue weighted by Crippen LogP contribution is 2.23. The van der Waals surface area contributed by atoms with Crippen LogP contribution in [-0.2, 0) is 6.54 Å². The minimum absolute atomic E-state index is 0.356. The Morgan fingerprint density at radius 3 is 2.80 bits per heavy atom. The predicted octanol–water partition coefficient (Wildman–Crippen LogP) is 0.999. The maximum Gasteiger partial charge on any atom is 0.0948 e. The molecule has 1 saturated heterocycles. The molecule has 1 aromatic rings. The number of nitrogens with zero attached hydrogens (tertiary/aromatic N) is 3. The van der Waals surface area contributed by atoms with Crippen molar-refractivity contribution in [1.82, 2.24) is 14.5 Å². The monoisotopic (exact) mass is 208 g/mol. The molecule has 2 rings (SSSR count). The fourth-order valence-corrected chi connectivity index (χ4v) is 2.38. The first-order chi connectivity index (χ1) is 7.36. The van der Waals surface area contributed by atoms with Crippen molar-refractivity contribution in [2.24, 2.45) is 5.73 Å². The van der Waals surface area contributed by atoms with Crippen LogP contribution >= 0.6 is 0 Å².